The van der Waals surface area contributed by atoms with Crippen molar-refractivity contribution in [2.24, 2.45) is 0 Å². The van der Waals surface area contributed by atoms with E-state index in [2.05, 4.69) is 0 Å². The highest BCUT2D eigenvalue weighted by atomic mass is 19.1. The van der Waals surface area contributed by atoms with Crippen LogP contribution in [0.15, 0.2) is 6.07 Å². The van der Waals surface area contributed by atoms with Crippen LogP contribution in [-0.4, -0.2) is 18.3 Å². The smallest absolute Gasteiger partial charge is 0.168 e. The highest BCUT2D eigenvalue weighted by Gasteiger charge is 2.32. The van der Waals surface area contributed by atoms with Gasteiger partial charge in [-0.25, -0.2) is 8.78 Å². The van der Waals surface area contributed by atoms with E-state index in [9.17, 15) is 13.9 Å². The van der Waals surface area contributed by atoms with E-state index in [0.29, 0.717) is 24.2 Å². The lowest BCUT2D eigenvalue weighted by molar-refractivity contribution is 0.214. The van der Waals surface area contributed by atoms with Gasteiger partial charge in [0.05, 0.1) is 13.2 Å². The predicted molar refractivity (Wildman–Crippen MR) is 55.7 cm³/mol. The topological polar surface area (TPSA) is 29.5 Å². The van der Waals surface area contributed by atoms with Crippen molar-refractivity contribution in [3.63, 3.8) is 0 Å². The van der Waals surface area contributed by atoms with Crippen LogP contribution in [-0.2, 0) is 11.8 Å². The van der Waals surface area contributed by atoms with Gasteiger partial charge >= 0.3 is 0 Å². The molecule has 0 amide bonds. The second kappa shape index (κ2) is 3.70. The van der Waals surface area contributed by atoms with Gasteiger partial charge in [0, 0.05) is 29.0 Å². The van der Waals surface area contributed by atoms with Gasteiger partial charge in [-0.3, -0.25) is 0 Å². The second-order valence-corrected chi connectivity index (χ2v) is 4.66. The third-order valence-electron chi connectivity index (χ3n) is 2.96. The van der Waals surface area contributed by atoms with Gasteiger partial charge in [0.2, 0.25) is 0 Å². The maximum Gasteiger partial charge on any atom is 0.168 e. The maximum absolute atomic E-state index is 13.8. The number of hydrogen-bond donors (Lipinski definition) is 1. The van der Waals surface area contributed by atoms with Crippen LogP contribution in [0.1, 0.15) is 25.0 Å². The molecule has 2 nitrogen and oxygen atoms in total. The number of halogens is 2. The van der Waals surface area contributed by atoms with Crippen molar-refractivity contribution in [3.05, 3.63) is 28.8 Å². The molecule has 0 aliphatic carbocycles. The third kappa shape index (κ3) is 1.57. The van der Waals surface area contributed by atoms with Crippen molar-refractivity contribution >= 4 is 0 Å². The average Bonchev–Trinajstić information content (AvgIpc) is 2.66. The molecular weight excluding hydrogens is 214 g/mol. The summed E-state index contributed by atoms with van der Waals surface area (Å²) < 4.78 is 32.3. The van der Waals surface area contributed by atoms with Crippen molar-refractivity contribution in [3.8, 4) is 5.75 Å². The molecule has 0 saturated heterocycles. The largest absolute Gasteiger partial charge is 0.490 e. The Bertz CT molecular complexity index is 428. The van der Waals surface area contributed by atoms with Gasteiger partial charge in [0.25, 0.3) is 0 Å². The lowest BCUT2D eigenvalue weighted by Gasteiger charge is -2.25. The molecule has 1 aliphatic rings. The quantitative estimate of drug-likeness (QED) is 0.840. The zero-order valence-electron chi connectivity index (χ0n) is 9.31. The number of hydrogen-bond acceptors (Lipinski definition) is 2. The van der Waals surface area contributed by atoms with Crippen molar-refractivity contribution in [2.45, 2.75) is 25.7 Å². The molecule has 88 valence electrons. The van der Waals surface area contributed by atoms with Crippen LogP contribution in [0.5, 0.6) is 5.75 Å². The predicted octanol–water partition coefficient (Wildman–Crippen LogP) is 2.17. The van der Waals surface area contributed by atoms with Crippen LogP contribution >= 0.6 is 0 Å². The Morgan fingerprint density at radius 3 is 2.69 bits per heavy atom. The molecule has 2 rings (SSSR count). The highest BCUT2D eigenvalue weighted by Crippen LogP contribution is 2.39. The molecule has 16 heavy (non-hydrogen) atoms. The molecule has 0 aromatic heterocycles. The molecule has 1 aliphatic heterocycles. The average molecular weight is 228 g/mol. The van der Waals surface area contributed by atoms with Gasteiger partial charge in [-0.05, 0) is 0 Å². The fourth-order valence-corrected chi connectivity index (χ4v) is 2.11. The van der Waals surface area contributed by atoms with Crippen molar-refractivity contribution in [1.82, 2.24) is 0 Å². The van der Waals surface area contributed by atoms with Crippen molar-refractivity contribution in [2.75, 3.05) is 13.2 Å². The van der Waals surface area contributed by atoms with E-state index in [-0.39, 0.29) is 12.4 Å². The Kier molecular flexibility index (Phi) is 2.62. The van der Waals surface area contributed by atoms with E-state index in [1.54, 1.807) is 13.8 Å². The summed E-state index contributed by atoms with van der Waals surface area (Å²) in [5.41, 5.74) is 0.190. The van der Waals surface area contributed by atoms with E-state index in [1.165, 1.54) is 0 Å². The molecule has 1 aromatic carbocycles. The standard InChI is InChI=1S/C12H14F2O2/c1-12(2,6-15)10-7-3-4-16-11(7)9(14)5-8(10)13/h5,15H,3-4,6H2,1-2H3. The Morgan fingerprint density at radius 2 is 2.06 bits per heavy atom. The molecule has 0 atom stereocenters. The minimum Gasteiger partial charge on any atom is -0.490 e. The molecule has 0 fully saturated rings. The molecule has 0 radical (unpaired) electrons. The maximum atomic E-state index is 13.8. The summed E-state index contributed by atoms with van der Waals surface area (Å²) in [6, 6.07) is 0.830. The van der Waals surface area contributed by atoms with Crippen molar-refractivity contribution in [1.29, 1.82) is 0 Å². The van der Waals surface area contributed by atoms with E-state index >= 15 is 0 Å². The molecule has 0 spiro atoms. The van der Waals surface area contributed by atoms with Crippen LogP contribution in [0.25, 0.3) is 0 Å². The summed E-state index contributed by atoms with van der Waals surface area (Å²) in [4.78, 5) is 0. The molecule has 4 heteroatoms. The monoisotopic (exact) mass is 228 g/mol. The molecule has 1 N–H and O–H groups in total. The minimum absolute atomic E-state index is 0.137. The first-order valence-electron chi connectivity index (χ1n) is 5.22. The Morgan fingerprint density at radius 1 is 1.38 bits per heavy atom. The van der Waals surface area contributed by atoms with Gasteiger partial charge in [-0.15, -0.1) is 0 Å². The number of fused-ring (bicyclic) bond motifs is 1. The van der Waals surface area contributed by atoms with Gasteiger partial charge in [-0.1, -0.05) is 13.8 Å². The van der Waals surface area contributed by atoms with Crippen LogP contribution in [0.4, 0.5) is 8.78 Å². The lowest BCUT2D eigenvalue weighted by atomic mass is 9.81. The summed E-state index contributed by atoms with van der Waals surface area (Å²) in [7, 11) is 0. The molecular formula is C12H14F2O2. The number of ether oxygens (including phenoxy) is 1. The molecule has 1 heterocycles. The Balaban J connectivity index is 2.66. The van der Waals surface area contributed by atoms with E-state index < -0.39 is 17.0 Å². The van der Waals surface area contributed by atoms with Crippen LogP contribution in [0.2, 0.25) is 0 Å². The van der Waals surface area contributed by atoms with E-state index in [1.807, 2.05) is 0 Å². The van der Waals surface area contributed by atoms with Crippen molar-refractivity contribution < 1.29 is 18.6 Å². The number of benzene rings is 1. The molecule has 0 saturated carbocycles. The fourth-order valence-electron chi connectivity index (χ4n) is 2.11. The second-order valence-electron chi connectivity index (χ2n) is 4.66. The molecule has 1 aromatic rings. The normalized spacial score (nSPS) is 14.8. The Labute approximate surface area is 92.9 Å². The highest BCUT2D eigenvalue weighted by molar-refractivity contribution is 5.48. The van der Waals surface area contributed by atoms with Gasteiger partial charge in [0.1, 0.15) is 5.82 Å². The lowest BCUT2D eigenvalue weighted by Crippen LogP contribution is -2.25. The third-order valence-corrected chi connectivity index (χ3v) is 2.96. The van der Waals surface area contributed by atoms with Crippen LogP contribution in [0, 0.1) is 11.6 Å². The van der Waals surface area contributed by atoms with Gasteiger partial charge in [-0.2, -0.15) is 0 Å². The number of aliphatic hydroxyl groups is 1. The first-order valence-corrected chi connectivity index (χ1v) is 5.22. The summed E-state index contributed by atoms with van der Waals surface area (Å²) >= 11 is 0. The molecule has 0 unspecified atom stereocenters. The van der Waals surface area contributed by atoms with Gasteiger partial charge in [0.15, 0.2) is 11.6 Å². The minimum atomic E-state index is -0.727. The summed E-state index contributed by atoms with van der Waals surface area (Å²) in [6.45, 7) is 3.62. The SMILES string of the molecule is CC(C)(CO)c1c(F)cc(F)c2c1CCO2. The summed E-state index contributed by atoms with van der Waals surface area (Å²) in [5, 5.41) is 9.27. The number of rotatable bonds is 2. The first-order chi connectivity index (χ1) is 7.47. The zero-order valence-corrected chi connectivity index (χ0v) is 9.31. The van der Waals surface area contributed by atoms with Crippen LogP contribution < -0.4 is 4.74 Å². The van der Waals surface area contributed by atoms with Crippen LogP contribution in [0.3, 0.4) is 0 Å². The Hall–Kier alpha value is -1.16. The fraction of sp³-hybridized carbons (Fsp3) is 0.500. The number of aliphatic hydroxyl groups excluding tert-OH is 1. The van der Waals surface area contributed by atoms with E-state index in [0.717, 1.165) is 6.07 Å². The van der Waals surface area contributed by atoms with E-state index in [4.69, 9.17) is 4.74 Å². The van der Waals surface area contributed by atoms with Gasteiger partial charge < -0.3 is 9.84 Å². The summed E-state index contributed by atoms with van der Waals surface area (Å²) in [5.74, 6) is -1.14. The zero-order chi connectivity index (χ0) is 11.9. The summed E-state index contributed by atoms with van der Waals surface area (Å²) in [6.07, 6.45) is 0.489. The molecule has 0 bridgehead atoms. The first kappa shape index (κ1) is 11.3.